The third-order valence-electron chi connectivity index (χ3n) is 2.87. The maximum absolute atomic E-state index is 5.29. The summed E-state index contributed by atoms with van der Waals surface area (Å²) in [4.78, 5) is 0. The second kappa shape index (κ2) is 5.76. The molecule has 0 heterocycles. The van der Waals surface area contributed by atoms with Crippen LogP contribution in [0.5, 0.6) is 11.5 Å². The predicted octanol–water partition coefficient (Wildman–Crippen LogP) is 3.95. The minimum Gasteiger partial charge on any atom is -0.497 e. The van der Waals surface area contributed by atoms with Crippen LogP contribution in [0.4, 0.5) is 0 Å². The van der Waals surface area contributed by atoms with E-state index in [1.165, 1.54) is 5.56 Å². The van der Waals surface area contributed by atoms with Crippen molar-refractivity contribution < 1.29 is 9.47 Å². The van der Waals surface area contributed by atoms with Crippen molar-refractivity contribution in [3.8, 4) is 11.5 Å². The van der Waals surface area contributed by atoms with Gasteiger partial charge >= 0.3 is 0 Å². The van der Waals surface area contributed by atoms with Crippen LogP contribution < -0.4 is 9.47 Å². The van der Waals surface area contributed by atoms with Gasteiger partial charge in [-0.2, -0.15) is 0 Å². The number of benzene rings is 1. The lowest BCUT2D eigenvalue weighted by atomic mass is 9.84. The smallest absolute Gasteiger partial charge is 0.122 e. The third kappa shape index (κ3) is 3.52. The normalized spacial score (nSPS) is 11.8. The van der Waals surface area contributed by atoms with Gasteiger partial charge in [0.1, 0.15) is 11.5 Å². The molecule has 94 valence electrons. The minimum absolute atomic E-state index is 0.0160. The van der Waals surface area contributed by atoms with Crippen LogP contribution in [0, 0.1) is 0 Å². The van der Waals surface area contributed by atoms with E-state index in [0.717, 1.165) is 17.9 Å². The lowest BCUT2D eigenvalue weighted by Gasteiger charge is -2.22. The predicted molar refractivity (Wildman–Crippen MR) is 72.0 cm³/mol. The van der Waals surface area contributed by atoms with Gasteiger partial charge in [0, 0.05) is 11.5 Å². The van der Waals surface area contributed by atoms with Crippen LogP contribution in [0.25, 0.3) is 0 Å². The second-order valence-electron chi connectivity index (χ2n) is 4.63. The molecule has 1 aromatic carbocycles. The number of ether oxygens (including phenoxy) is 2. The number of allylic oxidation sites excluding steroid dienone is 2. The van der Waals surface area contributed by atoms with E-state index in [4.69, 9.17) is 9.47 Å². The Hall–Kier alpha value is -1.44. The third-order valence-corrected chi connectivity index (χ3v) is 2.87. The minimum atomic E-state index is -0.0160. The summed E-state index contributed by atoms with van der Waals surface area (Å²) < 4.78 is 10.6. The van der Waals surface area contributed by atoms with Crippen molar-refractivity contribution in [3.05, 3.63) is 35.9 Å². The first-order valence-corrected chi connectivity index (χ1v) is 5.94. The van der Waals surface area contributed by atoms with Gasteiger partial charge in [-0.3, -0.25) is 0 Å². The van der Waals surface area contributed by atoms with Crippen LogP contribution >= 0.6 is 0 Å². The van der Waals surface area contributed by atoms with Crippen LogP contribution in [-0.4, -0.2) is 14.2 Å². The zero-order valence-electron chi connectivity index (χ0n) is 11.4. The highest BCUT2D eigenvalue weighted by Crippen LogP contribution is 2.32. The van der Waals surface area contributed by atoms with E-state index in [0.29, 0.717) is 0 Å². The summed E-state index contributed by atoms with van der Waals surface area (Å²) in [5.74, 6) is 1.66. The highest BCUT2D eigenvalue weighted by atomic mass is 16.5. The van der Waals surface area contributed by atoms with Crippen molar-refractivity contribution in [3.63, 3.8) is 0 Å². The van der Waals surface area contributed by atoms with E-state index in [1.807, 2.05) is 6.07 Å². The molecular weight excluding hydrogens is 212 g/mol. The van der Waals surface area contributed by atoms with Crippen LogP contribution in [0.2, 0.25) is 0 Å². The average Bonchev–Trinajstić information content (AvgIpc) is 2.35. The van der Waals surface area contributed by atoms with Gasteiger partial charge in [0.25, 0.3) is 0 Å². The van der Waals surface area contributed by atoms with E-state index in [1.54, 1.807) is 14.2 Å². The standard InChI is InChI=1S/C15H22O2/c1-6-7-8-15(2,3)12-9-13(16-4)11-14(10-12)17-5/h7-11H,6H2,1-5H3/b8-7-. The second-order valence-corrected chi connectivity index (χ2v) is 4.63. The molecule has 0 fully saturated rings. The molecular formula is C15H22O2. The van der Waals surface area contributed by atoms with Gasteiger partial charge in [-0.1, -0.05) is 32.9 Å². The zero-order valence-corrected chi connectivity index (χ0v) is 11.4. The van der Waals surface area contributed by atoms with Gasteiger partial charge in [-0.05, 0) is 24.1 Å². The Morgan fingerprint density at radius 1 is 1.06 bits per heavy atom. The monoisotopic (exact) mass is 234 g/mol. The molecule has 0 aliphatic carbocycles. The first kappa shape index (κ1) is 13.6. The number of methoxy groups -OCH3 is 2. The van der Waals surface area contributed by atoms with E-state index >= 15 is 0 Å². The summed E-state index contributed by atoms with van der Waals surface area (Å²) in [5.41, 5.74) is 1.18. The first-order valence-electron chi connectivity index (χ1n) is 5.94. The molecule has 0 N–H and O–H groups in total. The molecule has 0 radical (unpaired) electrons. The Kier molecular flexibility index (Phi) is 4.62. The van der Waals surface area contributed by atoms with Gasteiger partial charge < -0.3 is 9.47 Å². The van der Waals surface area contributed by atoms with Gasteiger partial charge in [0.2, 0.25) is 0 Å². The SMILES string of the molecule is CC/C=C\C(C)(C)c1cc(OC)cc(OC)c1. The lowest BCUT2D eigenvalue weighted by Crippen LogP contribution is -2.13. The van der Waals surface area contributed by atoms with Gasteiger partial charge in [0.15, 0.2) is 0 Å². The van der Waals surface area contributed by atoms with E-state index in [2.05, 4.69) is 45.1 Å². The van der Waals surface area contributed by atoms with Gasteiger partial charge in [-0.15, -0.1) is 0 Å². The number of hydrogen-bond acceptors (Lipinski definition) is 2. The Balaban J connectivity index is 3.15. The van der Waals surface area contributed by atoms with E-state index in [-0.39, 0.29) is 5.41 Å². The topological polar surface area (TPSA) is 18.5 Å². The largest absolute Gasteiger partial charge is 0.497 e. The molecule has 1 rings (SSSR count). The molecule has 0 atom stereocenters. The number of rotatable bonds is 5. The maximum atomic E-state index is 5.29. The fourth-order valence-corrected chi connectivity index (χ4v) is 1.69. The molecule has 0 aromatic heterocycles. The molecule has 0 bridgehead atoms. The average molecular weight is 234 g/mol. The molecule has 2 heteroatoms. The van der Waals surface area contributed by atoms with Crippen LogP contribution in [0.15, 0.2) is 30.4 Å². The zero-order chi connectivity index (χ0) is 12.9. The Morgan fingerprint density at radius 3 is 2.00 bits per heavy atom. The Morgan fingerprint density at radius 2 is 1.59 bits per heavy atom. The first-order chi connectivity index (χ1) is 8.03. The summed E-state index contributed by atoms with van der Waals surface area (Å²) in [6, 6.07) is 6.01. The van der Waals surface area contributed by atoms with Gasteiger partial charge in [0.05, 0.1) is 14.2 Å². The summed E-state index contributed by atoms with van der Waals surface area (Å²) >= 11 is 0. The lowest BCUT2D eigenvalue weighted by molar-refractivity contribution is 0.392. The summed E-state index contributed by atoms with van der Waals surface area (Å²) in [6.45, 7) is 6.51. The highest BCUT2D eigenvalue weighted by molar-refractivity contribution is 5.43. The molecule has 1 aromatic rings. The molecule has 0 aliphatic rings. The summed E-state index contributed by atoms with van der Waals surface area (Å²) in [7, 11) is 3.35. The molecule has 0 amide bonds. The molecule has 17 heavy (non-hydrogen) atoms. The van der Waals surface area contributed by atoms with Crippen molar-refractivity contribution in [1.29, 1.82) is 0 Å². The van der Waals surface area contributed by atoms with Crippen molar-refractivity contribution >= 4 is 0 Å². The summed E-state index contributed by atoms with van der Waals surface area (Å²) in [6.07, 6.45) is 5.46. The molecule has 0 spiro atoms. The Labute approximate surface area is 104 Å². The van der Waals surface area contributed by atoms with E-state index in [9.17, 15) is 0 Å². The van der Waals surface area contributed by atoms with E-state index < -0.39 is 0 Å². The highest BCUT2D eigenvalue weighted by Gasteiger charge is 2.18. The van der Waals surface area contributed by atoms with Crippen LogP contribution in [0.3, 0.4) is 0 Å². The molecule has 0 aliphatic heterocycles. The molecule has 2 nitrogen and oxygen atoms in total. The fourth-order valence-electron chi connectivity index (χ4n) is 1.69. The van der Waals surface area contributed by atoms with Crippen molar-refractivity contribution in [2.24, 2.45) is 0 Å². The van der Waals surface area contributed by atoms with Crippen molar-refractivity contribution in [2.75, 3.05) is 14.2 Å². The molecule has 0 saturated carbocycles. The fraction of sp³-hybridized carbons (Fsp3) is 0.467. The number of hydrogen-bond donors (Lipinski definition) is 0. The van der Waals surface area contributed by atoms with Crippen LogP contribution in [0.1, 0.15) is 32.8 Å². The summed E-state index contributed by atoms with van der Waals surface area (Å²) in [5, 5.41) is 0. The van der Waals surface area contributed by atoms with Crippen LogP contribution in [-0.2, 0) is 5.41 Å². The van der Waals surface area contributed by atoms with Crippen molar-refractivity contribution in [1.82, 2.24) is 0 Å². The Bertz CT molecular complexity index is 370. The molecule has 0 unspecified atom stereocenters. The van der Waals surface area contributed by atoms with Crippen molar-refractivity contribution in [2.45, 2.75) is 32.6 Å². The quantitative estimate of drug-likeness (QED) is 0.718. The van der Waals surface area contributed by atoms with Gasteiger partial charge in [-0.25, -0.2) is 0 Å². The molecule has 0 saturated heterocycles. The maximum Gasteiger partial charge on any atom is 0.122 e.